The maximum absolute atomic E-state index is 12.9. The zero-order chi connectivity index (χ0) is 29.9. The number of aliphatic imine (C=N–C) groups is 1. The van der Waals surface area contributed by atoms with Crippen LogP contribution < -0.4 is 10.6 Å². The predicted octanol–water partition coefficient (Wildman–Crippen LogP) is 7.25. The summed E-state index contributed by atoms with van der Waals surface area (Å²) in [5.74, 6) is 0.354. The van der Waals surface area contributed by atoms with Crippen LogP contribution in [0.25, 0.3) is 5.57 Å². The molecule has 40 heavy (non-hydrogen) atoms. The summed E-state index contributed by atoms with van der Waals surface area (Å²) in [5.41, 5.74) is 1.42. The van der Waals surface area contributed by atoms with Crippen molar-refractivity contribution < 1.29 is 22.5 Å². The second-order valence-corrected chi connectivity index (χ2v) is 8.17. The quantitative estimate of drug-likeness (QED) is 0.300. The third-order valence-electron chi connectivity index (χ3n) is 5.16. The number of hydrogen-bond acceptors (Lipinski definition) is 7. The van der Waals surface area contributed by atoms with Crippen LogP contribution in [-0.2, 0) is 6.18 Å². The minimum Gasteiger partial charge on any atom is -0.342 e. The molecule has 1 aliphatic rings. The first kappa shape index (κ1) is 32.0. The molecule has 0 aliphatic carbocycles. The Morgan fingerprint density at radius 1 is 1.23 bits per heavy atom. The molecule has 0 atom stereocenters. The monoisotopic (exact) mass is 574 g/mol. The number of amidine groups is 1. The number of nitrogens with one attached hydrogen (secondary N) is 2. The van der Waals surface area contributed by atoms with Crippen LogP contribution in [0.2, 0.25) is 5.02 Å². The summed E-state index contributed by atoms with van der Waals surface area (Å²) >= 11 is 6.39. The maximum Gasteiger partial charge on any atom is 0.433 e. The Bertz CT molecular complexity index is 1400. The minimum atomic E-state index is -4.59. The summed E-state index contributed by atoms with van der Waals surface area (Å²) < 4.78 is 43.5. The van der Waals surface area contributed by atoms with E-state index in [4.69, 9.17) is 16.1 Å². The van der Waals surface area contributed by atoms with Gasteiger partial charge in [0.25, 0.3) is 5.91 Å². The van der Waals surface area contributed by atoms with Gasteiger partial charge in [0.05, 0.1) is 22.8 Å². The molecule has 0 radical (unpaired) electrons. The zero-order valence-corrected chi connectivity index (χ0v) is 23.3. The van der Waals surface area contributed by atoms with E-state index in [1.54, 1.807) is 18.2 Å². The third kappa shape index (κ3) is 8.12. The molecule has 4 rings (SSSR count). The molecule has 1 aliphatic heterocycles. The van der Waals surface area contributed by atoms with Crippen LogP contribution in [0.3, 0.4) is 0 Å². The normalized spacial score (nSPS) is 13.8. The van der Waals surface area contributed by atoms with Crippen LogP contribution in [-0.4, -0.2) is 33.4 Å². The van der Waals surface area contributed by atoms with Gasteiger partial charge in [0.2, 0.25) is 12.2 Å². The lowest BCUT2D eigenvalue weighted by Gasteiger charge is -2.12. The molecule has 0 fully saturated rings. The first-order valence-corrected chi connectivity index (χ1v) is 12.7. The lowest BCUT2D eigenvalue weighted by Crippen LogP contribution is -2.20. The highest BCUT2D eigenvalue weighted by atomic mass is 35.5. The van der Waals surface area contributed by atoms with Crippen molar-refractivity contribution >= 4 is 34.6 Å². The zero-order valence-electron chi connectivity index (χ0n) is 22.6. The van der Waals surface area contributed by atoms with Crippen LogP contribution in [0.4, 0.5) is 18.9 Å². The van der Waals surface area contributed by atoms with Gasteiger partial charge in [0.15, 0.2) is 0 Å². The molecular weight excluding hydrogens is 545 g/mol. The molecular formula is C28H30ClF3N6O2. The van der Waals surface area contributed by atoms with Gasteiger partial charge in [-0.15, -0.1) is 13.2 Å². The summed E-state index contributed by atoms with van der Waals surface area (Å²) in [6.45, 7) is 13.7. The van der Waals surface area contributed by atoms with Crippen molar-refractivity contribution in [1.82, 2.24) is 20.4 Å². The number of aromatic nitrogens is 3. The van der Waals surface area contributed by atoms with Gasteiger partial charge in [-0.1, -0.05) is 43.6 Å². The minimum absolute atomic E-state index is 0.0257. The lowest BCUT2D eigenvalue weighted by molar-refractivity contribution is -0.141. The summed E-state index contributed by atoms with van der Waals surface area (Å²) in [7, 11) is 0. The largest absolute Gasteiger partial charge is 0.433 e. The van der Waals surface area contributed by atoms with Gasteiger partial charge >= 0.3 is 6.18 Å². The van der Waals surface area contributed by atoms with E-state index in [2.05, 4.69) is 43.9 Å². The van der Waals surface area contributed by atoms with Gasteiger partial charge in [0.1, 0.15) is 11.5 Å². The fraction of sp³-hybridized carbons (Fsp3) is 0.250. The Balaban J connectivity index is 0.00000134. The fourth-order valence-electron chi connectivity index (χ4n) is 3.49. The van der Waals surface area contributed by atoms with Crippen LogP contribution in [0, 0.1) is 6.92 Å². The topological polar surface area (TPSA) is 105 Å². The number of carbonyl (C=O) groups is 1. The second kappa shape index (κ2) is 14.8. The Labute approximate surface area is 235 Å². The van der Waals surface area contributed by atoms with Crippen molar-refractivity contribution in [3.8, 4) is 0 Å². The first-order chi connectivity index (χ1) is 19.2. The summed E-state index contributed by atoms with van der Waals surface area (Å²) in [4.78, 5) is 24.8. The van der Waals surface area contributed by atoms with E-state index in [1.807, 2.05) is 32.9 Å². The maximum atomic E-state index is 12.9. The van der Waals surface area contributed by atoms with Crippen LogP contribution in [0.5, 0.6) is 0 Å². The molecule has 1 amide bonds. The Morgan fingerprint density at radius 3 is 2.55 bits per heavy atom. The van der Waals surface area contributed by atoms with Crippen molar-refractivity contribution in [3.63, 3.8) is 0 Å². The molecule has 3 aromatic rings. The first-order valence-electron chi connectivity index (χ1n) is 12.3. The van der Waals surface area contributed by atoms with E-state index in [0.29, 0.717) is 34.5 Å². The number of allylic oxidation sites excluding steroid dienone is 3. The number of nitrogens with zero attached hydrogens (tertiary/aromatic N) is 4. The van der Waals surface area contributed by atoms with Crippen LogP contribution >= 0.6 is 11.6 Å². The highest BCUT2D eigenvalue weighted by Gasteiger charge is 2.33. The summed E-state index contributed by atoms with van der Waals surface area (Å²) in [6, 6.07) is 6.68. The van der Waals surface area contributed by atoms with Crippen molar-refractivity contribution in [2.75, 3.05) is 11.9 Å². The molecule has 8 nitrogen and oxygen atoms in total. The SMILES string of the molecule is C=C.CC.CC/C=C(\C=C1/CN=C(c2cc(NC(=O)c3ccc(C(F)(F)F)nc3C)ccc2Cl)N1)c1ncon1. The molecule has 212 valence electrons. The number of pyridine rings is 1. The lowest BCUT2D eigenvalue weighted by atomic mass is 10.1. The summed E-state index contributed by atoms with van der Waals surface area (Å²) in [6.07, 6.45) is 1.25. The van der Waals surface area contributed by atoms with Crippen molar-refractivity contribution in [3.05, 3.63) is 101 Å². The van der Waals surface area contributed by atoms with E-state index in [0.717, 1.165) is 29.8 Å². The molecule has 2 aromatic heterocycles. The number of rotatable bonds is 6. The van der Waals surface area contributed by atoms with Crippen molar-refractivity contribution in [2.24, 2.45) is 4.99 Å². The van der Waals surface area contributed by atoms with Gasteiger partial charge in [-0.05, 0) is 49.8 Å². The standard InChI is InChI=1S/C24H20ClF3N6O2.C2H6.C2H4/c1-3-4-14(21-30-12-36-34-21)9-16-11-29-22(32-16)18-10-15(5-7-19(18)25)33-23(35)17-6-8-20(24(26,27)28)31-13(17)2;2*1-2/h4-10,12H,3,11H2,1-2H3,(H,29,32)(H,33,35);1-2H3;1-2H2/b14-4+,16-9+;;. The molecule has 2 N–H and O–H groups in total. The van der Waals surface area contributed by atoms with Gasteiger partial charge in [0, 0.05) is 22.5 Å². The van der Waals surface area contributed by atoms with Gasteiger partial charge in [-0.2, -0.15) is 18.2 Å². The molecule has 0 saturated carbocycles. The average molecular weight is 575 g/mol. The molecule has 1 aromatic carbocycles. The average Bonchev–Trinajstić information content (AvgIpc) is 3.64. The molecule has 12 heteroatoms. The Kier molecular flexibility index (Phi) is 11.8. The Morgan fingerprint density at radius 2 is 1.95 bits per heavy atom. The van der Waals surface area contributed by atoms with Crippen LogP contribution in [0.1, 0.15) is 60.3 Å². The number of alkyl halides is 3. The molecule has 0 unspecified atom stereocenters. The van der Waals surface area contributed by atoms with Gasteiger partial charge < -0.3 is 15.2 Å². The van der Waals surface area contributed by atoms with E-state index < -0.39 is 17.8 Å². The van der Waals surface area contributed by atoms with Gasteiger partial charge in [-0.25, -0.2) is 4.98 Å². The smallest absolute Gasteiger partial charge is 0.342 e. The Hall–Kier alpha value is -4.25. The number of carbonyl (C=O) groups excluding carboxylic acids is 1. The number of hydrogen-bond donors (Lipinski definition) is 2. The summed E-state index contributed by atoms with van der Waals surface area (Å²) in [5, 5.41) is 10.2. The third-order valence-corrected chi connectivity index (χ3v) is 5.49. The highest BCUT2D eigenvalue weighted by Crippen LogP contribution is 2.29. The van der Waals surface area contributed by atoms with E-state index in [9.17, 15) is 18.0 Å². The molecule has 0 bridgehead atoms. The molecule has 0 spiro atoms. The molecule has 3 heterocycles. The van der Waals surface area contributed by atoms with Crippen LogP contribution in [0.15, 0.2) is 77.2 Å². The predicted molar refractivity (Wildman–Crippen MR) is 151 cm³/mol. The van der Waals surface area contributed by atoms with Crippen molar-refractivity contribution in [2.45, 2.75) is 40.3 Å². The number of anilines is 1. The van der Waals surface area contributed by atoms with Crippen molar-refractivity contribution in [1.29, 1.82) is 0 Å². The highest BCUT2D eigenvalue weighted by molar-refractivity contribution is 6.34. The van der Waals surface area contributed by atoms with E-state index >= 15 is 0 Å². The number of aryl methyl sites for hydroxylation is 1. The van der Waals surface area contributed by atoms with Gasteiger partial charge in [-0.3, -0.25) is 9.79 Å². The van der Waals surface area contributed by atoms with E-state index in [-0.39, 0.29) is 11.3 Å². The number of benzene rings is 1. The number of halogens is 4. The fourth-order valence-corrected chi connectivity index (χ4v) is 3.70. The molecule has 0 saturated heterocycles. The number of amides is 1. The second-order valence-electron chi connectivity index (χ2n) is 7.76. The van der Waals surface area contributed by atoms with E-state index in [1.165, 1.54) is 13.3 Å².